The first kappa shape index (κ1) is 48.5. The first-order chi connectivity index (χ1) is 32.6. The maximum Gasteiger partial charge on any atom is 0.251 e. The van der Waals surface area contributed by atoms with Crippen molar-refractivity contribution >= 4 is 46.9 Å². The minimum absolute atomic E-state index is 0.0926. The van der Waals surface area contributed by atoms with Crippen LogP contribution in [-0.2, 0) is 19.1 Å². The maximum atomic E-state index is 13.8. The number of rotatable bonds is 20. The number of fused-ring (bicyclic) bond motifs is 1. The Morgan fingerprint density at radius 2 is 1.70 bits per heavy atom. The topological polar surface area (TPSA) is 198 Å². The molecule has 4 fully saturated rings. The van der Waals surface area contributed by atoms with Gasteiger partial charge in [0.15, 0.2) is 0 Å². The molecule has 3 unspecified atom stereocenters. The molecule has 67 heavy (non-hydrogen) atoms. The number of likely N-dealkylation sites (tertiary alicyclic amines) is 2. The maximum absolute atomic E-state index is 13.8. The van der Waals surface area contributed by atoms with Gasteiger partial charge in [0.2, 0.25) is 17.7 Å². The van der Waals surface area contributed by atoms with Crippen LogP contribution in [0.3, 0.4) is 0 Å². The summed E-state index contributed by atoms with van der Waals surface area (Å²) in [6.07, 6.45) is 15.2. The van der Waals surface area contributed by atoms with Crippen LogP contribution in [0.2, 0.25) is 5.02 Å². The van der Waals surface area contributed by atoms with E-state index in [2.05, 4.69) is 42.5 Å². The Morgan fingerprint density at radius 1 is 0.896 bits per heavy atom. The molecule has 3 atom stereocenters. The number of aromatic nitrogens is 1. The zero-order chi connectivity index (χ0) is 46.6. The number of nitrogens with two attached hydrogens (primary N) is 1. The third-order valence-electron chi connectivity index (χ3n) is 14.5. The number of amides is 4. The number of amidine groups is 1. The van der Waals surface area contributed by atoms with Crippen LogP contribution in [0.5, 0.6) is 0 Å². The molecule has 3 aromatic rings. The van der Waals surface area contributed by atoms with E-state index >= 15 is 0 Å². The van der Waals surface area contributed by atoms with Gasteiger partial charge in [0.05, 0.1) is 23.7 Å². The number of piperidine rings is 2. The molecule has 2 saturated heterocycles. The molecule has 4 heterocycles. The van der Waals surface area contributed by atoms with Crippen LogP contribution in [-0.4, -0.2) is 121 Å². The Labute approximate surface area is 400 Å². The van der Waals surface area contributed by atoms with E-state index in [0.29, 0.717) is 88.5 Å². The van der Waals surface area contributed by atoms with Gasteiger partial charge in [-0.3, -0.25) is 19.2 Å². The van der Waals surface area contributed by atoms with E-state index < -0.39 is 11.6 Å². The normalized spacial score (nSPS) is 20.4. The lowest BCUT2D eigenvalue weighted by atomic mass is 9.83. The van der Waals surface area contributed by atoms with Crippen LogP contribution in [0.1, 0.15) is 135 Å². The number of carbonyl (C=O) groups excluding carboxylic acids is 4. The fourth-order valence-corrected chi connectivity index (χ4v) is 10.3. The van der Waals surface area contributed by atoms with Gasteiger partial charge in [-0.2, -0.15) is 0 Å². The number of anilines is 1. The van der Waals surface area contributed by atoms with Gasteiger partial charge in [-0.1, -0.05) is 55.1 Å². The smallest absolute Gasteiger partial charge is 0.251 e. The molecule has 0 bridgehead atoms. The molecule has 15 nitrogen and oxygen atoms in total. The highest BCUT2D eigenvalue weighted by molar-refractivity contribution is 6.30. The molecule has 2 aromatic carbocycles. The summed E-state index contributed by atoms with van der Waals surface area (Å²) in [6.45, 7) is 5.09. The number of nitrogens with one attached hydrogen (secondary N) is 6. The fourth-order valence-electron chi connectivity index (χ4n) is 10.2. The molecule has 2 saturated carbocycles. The van der Waals surface area contributed by atoms with Crippen LogP contribution in [0.25, 0.3) is 0 Å². The highest BCUT2D eigenvalue weighted by atomic mass is 35.5. The molecule has 8 rings (SSSR count). The molecule has 0 spiro atoms. The summed E-state index contributed by atoms with van der Waals surface area (Å²) in [4.78, 5) is 66.4. The van der Waals surface area contributed by atoms with E-state index in [1.54, 1.807) is 0 Å². The monoisotopic (exact) mass is 939 g/mol. The molecule has 2 aliphatic carbocycles. The van der Waals surface area contributed by atoms with Crippen molar-refractivity contribution in [1.29, 1.82) is 0 Å². The summed E-state index contributed by atoms with van der Waals surface area (Å²) in [5, 5.41) is 16.8. The highest BCUT2D eigenvalue weighted by Gasteiger charge is 2.40. The minimum Gasteiger partial charge on any atom is -0.381 e. The lowest BCUT2D eigenvalue weighted by molar-refractivity contribution is -0.131. The van der Waals surface area contributed by atoms with Gasteiger partial charge >= 0.3 is 0 Å². The van der Waals surface area contributed by atoms with E-state index in [4.69, 9.17) is 27.1 Å². The Bertz CT molecular complexity index is 2160. The summed E-state index contributed by atoms with van der Waals surface area (Å²) in [5.74, 6) is 1.77. The van der Waals surface area contributed by atoms with Crippen molar-refractivity contribution < 1.29 is 23.9 Å². The molecule has 0 radical (unpaired) electrons. The van der Waals surface area contributed by atoms with E-state index in [9.17, 15) is 19.2 Å². The van der Waals surface area contributed by atoms with Gasteiger partial charge in [0, 0.05) is 74.7 Å². The van der Waals surface area contributed by atoms with Crippen molar-refractivity contribution in [3.05, 3.63) is 88.1 Å². The quantitative estimate of drug-likeness (QED) is 0.0667. The number of carbonyl (C=O) groups is 4. The number of aromatic amines is 1. The SMILES string of the molecule is NC1(C(=O)NC(CCOCCCCCNC(=O)C(NC(=O)c2cccc(C3CCCN(C(=O)CNC4CC4)C3)c2)C2CCCCC2)c2ccc(Cl)cc2)CCN(C2=NCNc3[nH]ccc32)CC1. The number of ether oxygens (including phenoxy) is 1. The van der Waals surface area contributed by atoms with Crippen molar-refractivity contribution in [3.8, 4) is 0 Å². The third kappa shape index (κ3) is 13.2. The van der Waals surface area contributed by atoms with Crippen LogP contribution in [0.4, 0.5) is 5.82 Å². The second kappa shape index (κ2) is 23.4. The van der Waals surface area contributed by atoms with Crippen molar-refractivity contribution in [1.82, 2.24) is 36.1 Å². The lowest BCUT2D eigenvalue weighted by Gasteiger charge is -2.40. The summed E-state index contributed by atoms with van der Waals surface area (Å²) in [7, 11) is 0. The summed E-state index contributed by atoms with van der Waals surface area (Å²) < 4.78 is 6.09. The number of nitrogens with zero attached hydrogens (tertiary/aromatic N) is 3. The summed E-state index contributed by atoms with van der Waals surface area (Å²) in [6, 6.07) is 16.9. The molecule has 16 heteroatoms. The number of aliphatic imine (C=N–C) groups is 1. The molecule has 5 aliphatic rings. The number of unbranched alkanes of at least 4 members (excludes halogenated alkanes) is 2. The van der Waals surface area contributed by atoms with Crippen LogP contribution in [0, 0.1) is 5.92 Å². The zero-order valence-electron chi connectivity index (χ0n) is 39.0. The van der Waals surface area contributed by atoms with E-state index in [1.807, 2.05) is 59.6 Å². The predicted octanol–water partition coefficient (Wildman–Crippen LogP) is 5.98. The second-order valence-electron chi connectivity index (χ2n) is 19.4. The van der Waals surface area contributed by atoms with E-state index in [1.165, 1.54) is 0 Å². The summed E-state index contributed by atoms with van der Waals surface area (Å²) in [5.41, 5.74) is 9.39. The fraction of sp³-hybridized carbons (Fsp3) is 0.588. The number of hydrogen-bond acceptors (Lipinski definition) is 10. The molecular weight excluding hydrogens is 868 g/mol. The number of hydrogen-bond donors (Lipinski definition) is 7. The average molecular weight is 940 g/mol. The molecule has 8 N–H and O–H groups in total. The van der Waals surface area contributed by atoms with Crippen molar-refractivity contribution in [3.63, 3.8) is 0 Å². The number of benzene rings is 2. The Morgan fingerprint density at radius 3 is 2.49 bits per heavy atom. The van der Waals surface area contributed by atoms with Crippen LogP contribution in [0.15, 0.2) is 65.8 Å². The van der Waals surface area contributed by atoms with Gasteiger partial charge in [0.25, 0.3) is 5.91 Å². The van der Waals surface area contributed by atoms with Crippen molar-refractivity contribution in [2.45, 2.75) is 126 Å². The van der Waals surface area contributed by atoms with Gasteiger partial charge in [-0.25, -0.2) is 4.99 Å². The highest BCUT2D eigenvalue weighted by Crippen LogP contribution is 2.31. The largest absolute Gasteiger partial charge is 0.381 e. The number of halogens is 1. The van der Waals surface area contributed by atoms with E-state index in [-0.39, 0.29) is 41.5 Å². The Balaban J connectivity index is 0.760. The van der Waals surface area contributed by atoms with Crippen LogP contribution < -0.4 is 32.3 Å². The first-order valence-corrected chi connectivity index (χ1v) is 25.3. The molecule has 1 aromatic heterocycles. The standard InChI is InChI=1S/C51H71ClN10O5/c52-40-16-14-35(15-17-40)43(59-50(66)51(53)22-27-61(28-23-51)47-42-20-25-54-46(42)57-34-58-47)21-30-67-29-6-2-5-24-55-49(65)45(36-9-3-1-4-10-36)60-48(64)38-12-7-11-37(31-38)39-13-8-26-62(33-39)44(63)32-56-41-18-19-41/h7,11-12,14-17,20,25,31,36,39,41,43,45,54,56-57H,1-6,8-10,13,18-19,21-24,26-30,32-34,53H2,(H,55,65)(H,59,66)(H,60,64). The van der Waals surface area contributed by atoms with E-state index in [0.717, 1.165) is 112 Å². The number of H-pyrrole nitrogens is 1. The van der Waals surface area contributed by atoms with Gasteiger partial charge in [-0.05, 0) is 124 Å². The van der Waals surface area contributed by atoms with Crippen molar-refractivity contribution in [2.24, 2.45) is 16.6 Å². The zero-order valence-corrected chi connectivity index (χ0v) is 39.7. The van der Waals surface area contributed by atoms with Crippen molar-refractivity contribution in [2.75, 3.05) is 64.5 Å². The lowest BCUT2D eigenvalue weighted by Crippen LogP contribution is -2.60. The Hall–Kier alpha value is -4.96. The second-order valence-corrected chi connectivity index (χ2v) is 19.8. The molecular formula is C51H71ClN10O5. The Kier molecular flexibility index (Phi) is 16.9. The van der Waals surface area contributed by atoms with Gasteiger partial charge in [0.1, 0.15) is 24.4 Å². The predicted molar refractivity (Wildman–Crippen MR) is 262 cm³/mol. The summed E-state index contributed by atoms with van der Waals surface area (Å²) >= 11 is 6.23. The first-order valence-electron chi connectivity index (χ1n) is 25.0. The van der Waals surface area contributed by atoms with Gasteiger partial charge in [-0.15, -0.1) is 0 Å². The van der Waals surface area contributed by atoms with Crippen LogP contribution >= 0.6 is 11.6 Å². The average Bonchev–Trinajstić information content (AvgIpc) is 4.07. The van der Waals surface area contributed by atoms with Gasteiger partial charge < -0.3 is 51.8 Å². The molecule has 362 valence electrons. The minimum atomic E-state index is -1.01. The third-order valence-corrected chi connectivity index (χ3v) is 14.7. The molecule has 4 amide bonds. The molecule has 3 aliphatic heterocycles.